The number of amides is 1. The number of thioether (sulfide) groups is 1. The van der Waals surface area contributed by atoms with Crippen LogP contribution in [0, 0.1) is 5.82 Å². The molecule has 0 spiro atoms. The third kappa shape index (κ3) is 4.88. The summed E-state index contributed by atoms with van der Waals surface area (Å²) in [4.78, 5) is 14.8. The molecule has 0 unspecified atom stereocenters. The first kappa shape index (κ1) is 21.9. The number of ether oxygens (including phenoxy) is 1. The lowest BCUT2D eigenvalue weighted by atomic mass is 10.2. The standard InChI is InChI=1S/C22H26FN7O2S/c23-16-4-3-7-18(14-16)29-21(28-10-12-32-13-11-28)26-27-22(29)33-15-20(31)25-19-8-9-24-30(19)17-5-1-2-6-17/h3-4,7-9,14,17H,1-2,5-6,10-13,15H2,(H,25,31). The van der Waals surface area contributed by atoms with Crippen molar-refractivity contribution in [3.05, 3.63) is 42.3 Å². The molecule has 2 aliphatic rings. The van der Waals surface area contributed by atoms with Crippen molar-refractivity contribution >= 4 is 29.4 Å². The van der Waals surface area contributed by atoms with Gasteiger partial charge in [0, 0.05) is 19.2 Å². The van der Waals surface area contributed by atoms with Crippen molar-refractivity contribution in [1.29, 1.82) is 0 Å². The van der Waals surface area contributed by atoms with Crippen LogP contribution in [0.5, 0.6) is 0 Å². The lowest BCUT2D eigenvalue weighted by Crippen LogP contribution is -2.37. The molecule has 1 saturated carbocycles. The molecular weight excluding hydrogens is 445 g/mol. The van der Waals surface area contributed by atoms with Crippen molar-refractivity contribution in [1.82, 2.24) is 24.5 Å². The van der Waals surface area contributed by atoms with Gasteiger partial charge in [-0.15, -0.1) is 10.2 Å². The Morgan fingerprint density at radius 3 is 2.79 bits per heavy atom. The number of carbonyl (C=O) groups excluding carboxylic acids is 1. The summed E-state index contributed by atoms with van der Waals surface area (Å²) in [6.07, 6.45) is 6.26. The molecule has 2 fully saturated rings. The second kappa shape index (κ2) is 9.92. The summed E-state index contributed by atoms with van der Waals surface area (Å²) in [6, 6.07) is 8.47. The van der Waals surface area contributed by atoms with E-state index in [1.807, 2.05) is 10.7 Å². The Labute approximate surface area is 195 Å². The number of nitrogens with zero attached hydrogens (tertiary/aromatic N) is 6. The van der Waals surface area contributed by atoms with Gasteiger partial charge < -0.3 is 15.0 Å². The highest BCUT2D eigenvalue weighted by molar-refractivity contribution is 7.99. The molecule has 1 aliphatic carbocycles. The van der Waals surface area contributed by atoms with Crippen molar-refractivity contribution in [3.63, 3.8) is 0 Å². The number of halogens is 1. The van der Waals surface area contributed by atoms with E-state index in [1.54, 1.807) is 22.9 Å². The number of benzene rings is 1. The third-order valence-electron chi connectivity index (χ3n) is 5.92. The van der Waals surface area contributed by atoms with Gasteiger partial charge in [0.2, 0.25) is 11.9 Å². The summed E-state index contributed by atoms with van der Waals surface area (Å²) in [7, 11) is 0. The van der Waals surface area contributed by atoms with E-state index in [9.17, 15) is 9.18 Å². The molecule has 9 nitrogen and oxygen atoms in total. The SMILES string of the molecule is O=C(CSc1nnc(N2CCOCC2)n1-c1cccc(F)c1)Nc1ccnn1C1CCCC1. The van der Waals surface area contributed by atoms with Crippen LogP contribution >= 0.6 is 11.8 Å². The van der Waals surface area contributed by atoms with Crippen LogP contribution in [0.2, 0.25) is 0 Å². The second-order valence-electron chi connectivity index (χ2n) is 8.13. The zero-order valence-electron chi connectivity index (χ0n) is 18.2. The Hall–Kier alpha value is -2.92. The number of aromatic nitrogens is 5. The molecule has 1 amide bonds. The normalized spacial score (nSPS) is 16.9. The molecule has 0 atom stereocenters. The first-order chi connectivity index (χ1) is 16.2. The fourth-order valence-electron chi connectivity index (χ4n) is 4.33. The Morgan fingerprint density at radius 1 is 1.18 bits per heavy atom. The molecular formula is C22H26FN7O2S. The first-order valence-electron chi connectivity index (χ1n) is 11.2. The van der Waals surface area contributed by atoms with Gasteiger partial charge in [-0.25, -0.2) is 9.07 Å². The number of nitrogens with one attached hydrogen (secondary N) is 1. The first-order valence-corrected chi connectivity index (χ1v) is 12.2. The van der Waals surface area contributed by atoms with Gasteiger partial charge in [0.15, 0.2) is 5.16 Å². The maximum Gasteiger partial charge on any atom is 0.235 e. The number of morpholine rings is 1. The fraction of sp³-hybridized carbons (Fsp3) is 0.455. The summed E-state index contributed by atoms with van der Waals surface area (Å²) in [5.41, 5.74) is 0.615. The molecule has 1 N–H and O–H groups in total. The van der Waals surface area contributed by atoms with Crippen molar-refractivity contribution in [2.45, 2.75) is 36.9 Å². The molecule has 11 heteroatoms. The van der Waals surface area contributed by atoms with Gasteiger partial charge in [-0.05, 0) is 31.0 Å². The van der Waals surface area contributed by atoms with Crippen LogP contribution in [0.1, 0.15) is 31.7 Å². The zero-order valence-corrected chi connectivity index (χ0v) is 19.0. The molecule has 0 bridgehead atoms. The van der Waals surface area contributed by atoms with Gasteiger partial charge >= 0.3 is 0 Å². The topological polar surface area (TPSA) is 90.1 Å². The van der Waals surface area contributed by atoms with Crippen LogP contribution in [-0.2, 0) is 9.53 Å². The van der Waals surface area contributed by atoms with E-state index >= 15 is 0 Å². The van der Waals surface area contributed by atoms with E-state index in [4.69, 9.17) is 4.74 Å². The molecule has 2 aromatic heterocycles. The Balaban J connectivity index is 1.32. The van der Waals surface area contributed by atoms with E-state index in [0.717, 1.165) is 12.8 Å². The smallest absolute Gasteiger partial charge is 0.235 e. The largest absolute Gasteiger partial charge is 0.378 e. The summed E-state index contributed by atoms with van der Waals surface area (Å²) in [5, 5.41) is 16.6. The number of hydrogen-bond acceptors (Lipinski definition) is 7. The molecule has 1 aliphatic heterocycles. The highest BCUT2D eigenvalue weighted by Gasteiger charge is 2.24. The van der Waals surface area contributed by atoms with E-state index in [2.05, 4.69) is 25.5 Å². The van der Waals surface area contributed by atoms with Crippen molar-refractivity contribution in [2.24, 2.45) is 0 Å². The maximum absolute atomic E-state index is 14.0. The summed E-state index contributed by atoms with van der Waals surface area (Å²) in [6.45, 7) is 2.53. The number of anilines is 2. The van der Waals surface area contributed by atoms with E-state index in [-0.39, 0.29) is 17.5 Å². The van der Waals surface area contributed by atoms with Crippen molar-refractivity contribution in [2.75, 3.05) is 42.3 Å². The highest BCUT2D eigenvalue weighted by atomic mass is 32.2. The van der Waals surface area contributed by atoms with E-state index < -0.39 is 0 Å². The Morgan fingerprint density at radius 2 is 2.00 bits per heavy atom. The van der Waals surface area contributed by atoms with Crippen LogP contribution in [0.25, 0.3) is 5.69 Å². The molecule has 1 saturated heterocycles. The van der Waals surface area contributed by atoms with Gasteiger partial charge in [0.25, 0.3) is 0 Å². The monoisotopic (exact) mass is 471 g/mol. The van der Waals surface area contributed by atoms with Crippen LogP contribution < -0.4 is 10.2 Å². The third-order valence-corrected chi connectivity index (χ3v) is 6.85. The Bertz CT molecular complexity index is 1110. The van der Waals surface area contributed by atoms with Gasteiger partial charge in [0.05, 0.1) is 36.9 Å². The number of carbonyl (C=O) groups is 1. The van der Waals surface area contributed by atoms with Crippen molar-refractivity contribution in [3.8, 4) is 5.69 Å². The Kier molecular flexibility index (Phi) is 6.58. The molecule has 5 rings (SSSR count). The minimum absolute atomic E-state index is 0.145. The predicted molar refractivity (Wildman–Crippen MR) is 123 cm³/mol. The zero-order chi connectivity index (χ0) is 22.6. The minimum Gasteiger partial charge on any atom is -0.378 e. The molecule has 3 heterocycles. The van der Waals surface area contributed by atoms with Crippen LogP contribution in [0.4, 0.5) is 16.2 Å². The van der Waals surface area contributed by atoms with Crippen LogP contribution in [-0.4, -0.2) is 62.5 Å². The van der Waals surface area contributed by atoms with Crippen molar-refractivity contribution < 1.29 is 13.9 Å². The summed E-state index contributed by atoms with van der Waals surface area (Å²) in [5.74, 6) is 0.982. The molecule has 33 heavy (non-hydrogen) atoms. The summed E-state index contributed by atoms with van der Waals surface area (Å²) >= 11 is 1.27. The maximum atomic E-state index is 14.0. The van der Waals surface area contributed by atoms with Gasteiger partial charge in [-0.3, -0.25) is 9.36 Å². The number of rotatable bonds is 7. The second-order valence-corrected chi connectivity index (χ2v) is 9.08. The minimum atomic E-state index is -0.344. The van der Waals surface area contributed by atoms with Gasteiger partial charge in [-0.1, -0.05) is 30.7 Å². The van der Waals surface area contributed by atoms with E-state index in [0.29, 0.717) is 55.0 Å². The van der Waals surface area contributed by atoms with Crippen LogP contribution in [0.15, 0.2) is 41.7 Å². The predicted octanol–water partition coefficient (Wildman–Crippen LogP) is 3.29. The molecule has 3 aromatic rings. The summed E-state index contributed by atoms with van der Waals surface area (Å²) < 4.78 is 23.2. The van der Waals surface area contributed by atoms with E-state index in [1.165, 1.54) is 36.7 Å². The average molecular weight is 472 g/mol. The molecule has 1 aromatic carbocycles. The number of hydrogen-bond donors (Lipinski definition) is 1. The average Bonchev–Trinajstić information content (AvgIpc) is 3.59. The lowest BCUT2D eigenvalue weighted by Gasteiger charge is -2.27. The quantitative estimate of drug-likeness (QED) is 0.529. The van der Waals surface area contributed by atoms with Gasteiger partial charge in [0.1, 0.15) is 11.6 Å². The fourth-order valence-corrected chi connectivity index (χ4v) is 5.07. The van der Waals surface area contributed by atoms with Gasteiger partial charge in [-0.2, -0.15) is 5.10 Å². The lowest BCUT2D eigenvalue weighted by molar-refractivity contribution is -0.113. The van der Waals surface area contributed by atoms with Crippen LogP contribution in [0.3, 0.4) is 0 Å². The highest BCUT2D eigenvalue weighted by Crippen LogP contribution is 2.31. The molecule has 174 valence electrons. The molecule has 0 radical (unpaired) electrons.